The molecule has 0 N–H and O–H groups in total. The van der Waals surface area contributed by atoms with Crippen LogP contribution in [0.5, 0.6) is 0 Å². The Morgan fingerprint density at radius 1 is 1.31 bits per heavy atom. The molecule has 0 aromatic heterocycles. The molecule has 0 saturated carbocycles. The zero-order valence-electron chi connectivity index (χ0n) is 7.77. The van der Waals surface area contributed by atoms with Gasteiger partial charge < -0.3 is 0 Å². The van der Waals surface area contributed by atoms with Gasteiger partial charge in [0.25, 0.3) is 0 Å². The molecule has 0 fully saturated rings. The lowest BCUT2D eigenvalue weighted by molar-refractivity contribution is 0.864. The van der Waals surface area contributed by atoms with Crippen LogP contribution >= 0.6 is 23.2 Å². The van der Waals surface area contributed by atoms with Gasteiger partial charge in [0.15, 0.2) is 0 Å². The van der Waals surface area contributed by atoms with Gasteiger partial charge in [0.1, 0.15) is 0 Å². The summed E-state index contributed by atoms with van der Waals surface area (Å²) in [5.41, 5.74) is 2.13. The van der Waals surface area contributed by atoms with Crippen LogP contribution in [0.1, 0.15) is 30.9 Å². The highest BCUT2D eigenvalue weighted by Gasteiger charge is 2.11. The lowest BCUT2D eigenvalue weighted by atomic mass is 9.97. The van der Waals surface area contributed by atoms with Crippen molar-refractivity contribution in [2.45, 2.75) is 19.8 Å². The average Bonchev–Trinajstić information content (AvgIpc) is 2.08. The van der Waals surface area contributed by atoms with Crippen molar-refractivity contribution in [3.05, 3.63) is 39.9 Å². The van der Waals surface area contributed by atoms with Gasteiger partial charge in [-0.15, -0.1) is 0 Å². The lowest BCUT2D eigenvalue weighted by Gasteiger charge is -2.12. The van der Waals surface area contributed by atoms with Crippen LogP contribution < -0.4 is 0 Å². The predicted octanol–water partition coefficient (Wildman–Crippen LogP) is 4.76. The highest BCUT2D eigenvalue weighted by Crippen LogP contribution is 2.34. The Hall–Kier alpha value is -0.460. The number of benzene rings is 1. The van der Waals surface area contributed by atoms with Gasteiger partial charge in [-0.25, -0.2) is 0 Å². The summed E-state index contributed by atoms with van der Waals surface area (Å²) >= 11 is 12.0. The molecule has 1 rings (SSSR count). The third kappa shape index (κ3) is 2.07. The number of hydrogen-bond donors (Lipinski definition) is 0. The van der Waals surface area contributed by atoms with Crippen molar-refractivity contribution in [3.63, 3.8) is 0 Å². The van der Waals surface area contributed by atoms with E-state index < -0.39 is 0 Å². The third-order valence-electron chi connectivity index (χ3n) is 1.96. The minimum atomic E-state index is 0.360. The normalized spacial score (nSPS) is 10.5. The second-order valence-electron chi connectivity index (χ2n) is 3.22. The first-order valence-corrected chi connectivity index (χ1v) is 4.93. The molecule has 1 aromatic carbocycles. The molecule has 0 aliphatic carbocycles. The minimum absolute atomic E-state index is 0.360. The van der Waals surface area contributed by atoms with E-state index in [1.54, 1.807) is 12.1 Å². The van der Waals surface area contributed by atoms with Gasteiger partial charge in [-0.3, -0.25) is 0 Å². The second kappa shape index (κ2) is 4.17. The number of rotatable bonds is 2. The van der Waals surface area contributed by atoms with Crippen LogP contribution in [0.2, 0.25) is 10.0 Å². The van der Waals surface area contributed by atoms with E-state index in [0.717, 1.165) is 11.1 Å². The van der Waals surface area contributed by atoms with Gasteiger partial charge in [0, 0.05) is 0 Å². The Balaban J connectivity index is 3.41. The summed E-state index contributed by atoms with van der Waals surface area (Å²) in [5.74, 6) is 0.360. The molecule has 2 heteroatoms. The average molecular weight is 215 g/mol. The van der Waals surface area contributed by atoms with Crippen LogP contribution in [0.25, 0.3) is 6.08 Å². The Kier molecular flexibility index (Phi) is 3.40. The summed E-state index contributed by atoms with van der Waals surface area (Å²) in [6.07, 6.45) is 1.80. The summed E-state index contributed by atoms with van der Waals surface area (Å²) in [6.45, 7) is 7.92. The summed E-state index contributed by atoms with van der Waals surface area (Å²) in [6, 6.07) is 3.74. The fourth-order valence-electron chi connectivity index (χ4n) is 1.35. The Morgan fingerprint density at radius 2 is 1.92 bits per heavy atom. The molecule has 70 valence electrons. The Bertz CT molecular complexity index is 327. The van der Waals surface area contributed by atoms with E-state index >= 15 is 0 Å². The van der Waals surface area contributed by atoms with E-state index in [-0.39, 0.29) is 0 Å². The van der Waals surface area contributed by atoms with E-state index in [1.165, 1.54) is 0 Å². The molecule has 1 aromatic rings. The van der Waals surface area contributed by atoms with Crippen molar-refractivity contribution in [1.82, 2.24) is 0 Å². The summed E-state index contributed by atoms with van der Waals surface area (Å²) < 4.78 is 0. The molecule has 0 atom stereocenters. The van der Waals surface area contributed by atoms with Gasteiger partial charge in [0.05, 0.1) is 10.0 Å². The zero-order valence-corrected chi connectivity index (χ0v) is 9.28. The van der Waals surface area contributed by atoms with Crippen molar-refractivity contribution in [3.8, 4) is 0 Å². The molecule has 0 radical (unpaired) electrons. The van der Waals surface area contributed by atoms with E-state index in [9.17, 15) is 0 Å². The molecule has 0 heterocycles. The van der Waals surface area contributed by atoms with Gasteiger partial charge >= 0.3 is 0 Å². The molecular formula is C11H12Cl2. The van der Waals surface area contributed by atoms with Gasteiger partial charge in [-0.2, -0.15) is 0 Å². The monoisotopic (exact) mass is 214 g/mol. The Morgan fingerprint density at radius 3 is 2.38 bits per heavy atom. The maximum Gasteiger partial charge on any atom is 0.0632 e. The van der Waals surface area contributed by atoms with Gasteiger partial charge in [-0.1, -0.05) is 55.8 Å². The molecular weight excluding hydrogens is 203 g/mol. The summed E-state index contributed by atoms with van der Waals surface area (Å²) in [4.78, 5) is 0. The number of hydrogen-bond acceptors (Lipinski definition) is 0. The largest absolute Gasteiger partial charge is 0.0985 e. The van der Waals surface area contributed by atoms with E-state index in [1.807, 2.05) is 6.07 Å². The highest BCUT2D eigenvalue weighted by molar-refractivity contribution is 6.42. The molecule has 0 aliphatic heterocycles. The molecule has 0 saturated heterocycles. The van der Waals surface area contributed by atoms with Crippen LogP contribution in [-0.2, 0) is 0 Å². The standard InChI is InChI=1S/C11H12Cl2/c1-4-8-5-6-9(12)11(13)10(8)7(2)3/h4-7H,1H2,2-3H3. The maximum atomic E-state index is 6.09. The van der Waals surface area contributed by atoms with E-state index in [4.69, 9.17) is 23.2 Å². The number of halogens is 2. The first-order valence-electron chi connectivity index (χ1n) is 4.18. The fraction of sp³-hybridized carbons (Fsp3) is 0.273. The van der Waals surface area contributed by atoms with Crippen molar-refractivity contribution in [1.29, 1.82) is 0 Å². The first kappa shape index (κ1) is 10.6. The van der Waals surface area contributed by atoms with Crippen molar-refractivity contribution >= 4 is 29.3 Å². The smallest absolute Gasteiger partial charge is 0.0632 e. The van der Waals surface area contributed by atoms with Crippen LogP contribution in [0.15, 0.2) is 18.7 Å². The quantitative estimate of drug-likeness (QED) is 0.667. The molecule has 0 aliphatic rings. The van der Waals surface area contributed by atoms with Crippen molar-refractivity contribution in [2.24, 2.45) is 0 Å². The first-order chi connectivity index (χ1) is 6.07. The van der Waals surface area contributed by atoms with Crippen LogP contribution in [0, 0.1) is 0 Å². The predicted molar refractivity (Wildman–Crippen MR) is 60.6 cm³/mol. The van der Waals surface area contributed by atoms with Gasteiger partial charge in [-0.05, 0) is 23.1 Å². The topological polar surface area (TPSA) is 0 Å². The minimum Gasteiger partial charge on any atom is -0.0985 e. The molecule has 13 heavy (non-hydrogen) atoms. The Labute approximate surface area is 89.2 Å². The lowest BCUT2D eigenvalue weighted by Crippen LogP contribution is -1.93. The third-order valence-corrected chi connectivity index (χ3v) is 2.78. The van der Waals surface area contributed by atoms with Crippen LogP contribution in [0.3, 0.4) is 0 Å². The fourth-order valence-corrected chi connectivity index (χ4v) is 1.90. The highest BCUT2D eigenvalue weighted by atomic mass is 35.5. The van der Waals surface area contributed by atoms with E-state index in [2.05, 4.69) is 20.4 Å². The zero-order chi connectivity index (χ0) is 10.0. The maximum absolute atomic E-state index is 6.09. The SMILES string of the molecule is C=Cc1ccc(Cl)c(Cl)c1C(C)C. The molecule has 0 bridgehead atoms. The van der Waals surface area contributed by atoms with Gasteiger partial charge in [0.2, 0.25) is 0 Å². The summed E-state index contributed by atoms with van der Waals surface area (Å²) in [7, 11) is 0. The van der Waals surface area contributed by atoms with Crippen LogP contribution in [0.4, 0.5) is 0 Å². The molecule has 0 amide bonds. The van der Waals surface area contributed by atoms with Crippen LogP contribution in [-0.4, -0.2) is 0 Å². The molecule has 0 spiro atoms. The summed E-state index contributed by atoms with van der Waals surface area (Å²) in [5, 5.41) is 1.25. The molecule has 0 nitrogen and oxygen atoms in total. The second-order valence-corrected chi connectivity index (χ2v) is 4.01. The van der Waals surface area contributed by atoms with E-state index in [0.29, 0.717) is 16.0 Å². The molecule has 0 unspecified atom stereocenters. The van der Waals surface area contributed by atoms with Crippen molar-refractivity contribution < 1.29 is 0 Å². The van der Waals surface area contributed by atoms with Crippen molar-refractivity contribution in [2.75, 3.05) is 0 Å².